The number of anilines is 2. The number of carbonyl (C=O) groups excluding carboxylic acids is 2. The van der Waals surface area contributed by atoms with Crippen LogP contribution in [0.4, 0.5) is 21.4 Å². The van der Waals surface area contributed by atoms with E-state index in [1.807, 2.05) is 0 Å². The van der Waals surface area contributed by atoms with Crippen LogP contribution in [-0.4, -0.2) is 24.0 Å². The molecule has 0 aliphatic heterocycles. The Balaban J connectivity index is 1.91. The van der Waals surface area contributed by atoms with E-state index in [2.05, 4.69) is 31.3 Å². The van der Waals surface area contributed by atoms with Crippen molar-refractivity contribution < 1.29 is 14.3 Å². The van der Waals surface area contributed by atoms with Gasteiger partial charge in [-0.3, -0.25) is 14.6 Å². The minimum absolute atomic E-state index is 0.00575. The van der Waals surface area contributed by atoms with E-state index in [-0.39, 0.29) is 18.9 Å². The largest absolute Gasteiger partial charge is 0.467 e. The van der Waals surface area contributed by atoms with Gasteiger partial charge in [-0.15, -0.1) is 10.2 Å². The molecule has 2 heterocycles. The summed E-state index contributed by atoms with van der Waals surface area (Å²) < 4.78 is 4.53. The molecule has 1 aromatic carbocycles. The number of nitrogens with one attached hydrogen (secondary N) is 1. The molecule has 1 amide bonds. The van der Waals surface area contributed by atoms with Crippen LogP contribution in [0, 0.1) is 11.3 Å². The van der Waals surface area contributed by atoms with Gasteiger partial charge in [0.2, 0.25) is 5.91 Å². The Hall–Kier alpha value is -4.10. The van der Waals surface area contributed by atoms with Gasteiger partial charge in [0.25, 0.3) is 6.47 Å². The van der Waals surface area contributed by atoms with Crippen molar-refractivity contribution in [3.63, 3.8) is 0 Å². The van der Waals surface area contributed by atoms with Gasteiger partial charge in [0, 0.05) is 23.6 Å². The number of pyridine rings is 1. The van der Waals surface area contributed by atoms with Crippen LogP contribution in [-0.2, 0) is 14.3 Å². The van der Waals surface area contributed by atoms with Gasteiger partial charge in [0.15, 0.2) is 0 Å². The minimum Gasteiger partial charge on any atom is -0.467 e. The van der Waals surface area contributed by atoms with E-state index in [0.717, 1.165) is 11.3 Å². The van der Waals surface area contributed by atoms with E-state index < -0.39 is 0 Å². The summed E-state index contributed by atoms with van der Waals surface area (Å²) in [5.74, 6) is -0.308. The van der Waals surface area contributed by atoms with Crippen molar-refractivity contribution in [1.29, 1.82) is 5.26 Å². The number of carbonyl (C=O) groups is 2. The summed E-state index contributed by atoms with van der Waals surface area (Å²) in [4.78, 5) is 26.1. The monoisotopic (exact) mass is 420 g/mol. The number of hydrogen-bond acceptors (Lipinski definition) is 9. The van der Waals surface area contributed by atoms with Gasteiger partial charge in [-0.2, -0.15) is 5.26 Å². The summed E-state index contributed by atoms with van der Waals surface area (Å²) in [6, 6.07) is 12.5. The molecule has 9 nitrogen and oxygen atoms in total. The van der Waals surface area contributed by atoms with E-state index in [1.165, 1.54) is 0 Å². The molecule has 0 bridgehead atoms. The van der Waals surface area contributed by atoms with Gasteiger partial charge < -0.3 is 15.8 Å². The number of azo groups is 1. The number of benzene rings is 1. The number of thiophene rings is 1. The quantitative estimate of drug-likeness (QED) is 0.318. The maximum atomic E-state index is 12.0. The van der Waals surface area contributed by atoms with E-state index in [4.69, 9.17) is 5.73 Å². The Kier molecular flexibility index (Phi) is 6.81. The molecule has 2 aromatic heterocycles. The highest BCUT2D eigenvalue weighted by Gasteiger charge is 2.19. The molecule has 3 rings (SSSR count). The highest BCUT2D eigenvalue weighted by atomic mass is 32.1. The SMILES string of the molecule is N#Cc1c(N)sc(N=Nc2ccncc2)c1-c1cccc(NC(=O)CCOC=O)c1. The van der Waals surface area contributed by atoms with Crippen LogP contribution < -0.4 is 11.1 Å². The molecule has 0 spiro atoms. The maximum absolute atomic E-state index is 12.0. The molecule has 0 saturated heterocycles. The first kappa shape index (κ1) is 20.6. The number of nitrogens with two attached hydrogens (primary N) is 1. The predicted octanol–water partition coefficient (Wildman–Crippen LogP) is 4.18. The van der Waals surface area contributed by atoms with E-state index >= 15 is 0 Å². The van der Waals surface area contributed by atoms with Crippen molar-refractivity contribution in [2.75, 3.05) is 17.7 Å². The molecule has 0 fully saturated rings. The van der Waals surface area contributed by atoms with Crippen LogP contribution in [0.2, 0.25) is 0 Å². The molecule has 0 saturated carbocycles. The highest BCUT2D eigenvalue weighted by Crippen LogP contribution is 2.45. The Bertz CT molecular complexity index is 1120. The van der Waals surface area contributed by atoms with Crippen LogP contribution in [0.5, 0.6) is 0 Å². The molecule has 0 aliphatic rings. The number of amides is 1. The number of hydrogen-bond donors (Lipinski definition) is 2. The third kappa shape index (κ3) is 5.03. The second-order valence-electron chi connectivity index (χ2n) is 5.88. The topological polar surface area (TPSA) is 143 Å². The number of ether oxygens (including phenoxy) is 1. The summed E-state index contributed by atoms with van der Waals surface area (Å²) in [6.45, 7) is 0.286. The van der Waals surface area contributed by atoms with Gasteiger partial charge in [-0.1, -0.05) is 23.5 Å². The van der Waals surface area contributed by atoms with Crippen LogP contribution in [0.3, 0.4) is 0 Å². The lowest BCUT2D eigenvalue weighted by atomic mass is 10.0. The lowest BCUT2D eigenvalue weighted by Gasteiger charge is -2.08. The van der Waals surface area contributed by atoms with Crippen molar-refractivity contribution >= 4 is 45.1 Å². The number of nitriles is 1. The molecular formula is C20H16N6O3S. The number of rotatable bonds is 8. The summed E-state index contributed by atoms with van der Waals surface area (Å²) in [7, 11) is 0. The standard InChI is InChI=1S/C20H16N6O3S/c21-11-16-18(20(30-19(16)22)26-25-14-4-7-23-8-5-14)13-2-1-3-15(10-13)24-17(28)6-9-29-12-27/h1-5,7-8,10,12H,6,9,22H2,(H,24,28). The van der Waals surface area contributed by atoms with Crippen molar-refractivity contribution in [3.05, 3.63) is 54.4 Å². The van der Waals surface area contributed by atoms with E-state index in [1.54, 1.807) is 48.8 Å². The molecule has 3 aromatic rings. The Labute approximate surface area is 175 Å². The third-order valence-electron chi connectivity index (χ3n) is 3.90. The minimum atomic E-state index is -0.308. The Morgan fingerprint density at radius 1 is 1.30 bits per heavy atom. The first-order chi connectivity index (χ1) is 14.6. The average molecular weight is 420 g/mol. The fourth-order valence-electron chi connectivity index (χ4n) is 2.58. The van der Waals surface area contributed by atoms with Crippen molar-refractivity contribution in [1.82, 2.24) is 4.98 Å². The van der Waals surface area contributed by atoms with Crippen LogP contribution in [0.15, 0.2) is 59.0 Å². The van der Waals surface area contributed by atoms with Gasteiger partial charge in [-0.25, -0.2) is 0 Å². The summed E-state index contributed by atoms with van der Waals surface area (Å²) in [5, 5.41) is 21.6. The Morgan fingerprint density at radius 2 is 2.10 bits per heavy atom. The van der Waals surface area contributed by atoms with Gasteiger partial charge >= 0.3 is 0 Å². The molecule has 150 valence electrons. The first-order valence-electron chi connectivity index (χ1n) is 8.72. The zero-order valence-corrected chi connectivity index (χ0v) is 16.4. The molecule has 0 radical (unpaired) electrons. The summed E-state index contributed by atoms with van der Waals surface area (Å²) in [6.07, 6.45) is 3.24. The second kappa shape index (κ2) is 9.90. The van der Waals surface area contributed by atoms with E-state index in [9.17, 15) is 14.9 Å². The van der Waals surface area contributed by atoms with Gasteiger partial charge in [0.1, 0.15) is 16.1 Å². The highest BCUT2D eigenvalue weighted by molar-refractivity contribution is 7.20. The van der Waals surface area contributed by atoms with Crippen molar-refractivity contribution in [3.8, 4) is 17.2 Å². The number of aromatic nitrogens is 1. The lowest BCUT2D eigenvalue weighted by Crippen LogP contribution is -2.13. The smallest absolute Gasteiger partial charge is 0.293 e. The normalized spacial score (nSPS) is 10.5. The maximum Gasteiger partial charge on any atom is 0.293 e. The Morgan fingerprint density at radius 3 is 2.83 bits per heavy atom. The lowest BCUT2D eigenvalue weighted by molar-refractivity contribution is -0.129. The van der Waals surface area contributed by atoms with Crippen LogP contribution in [0.1, 0.15) is 12.0 Å². The molecule has 0 aliphatic carbocycles. The fraction of sp³-hybridized carbons (Fsp3) is 0.100. The van der Waals surface area contributed by atoms with Gasteiger partial charge in [-0.05, 0) is 29.8 Å². The van der Waals surface area contributed by atoms with Crippen LogP contribution >= 0.6 is 11.3 Å². The second-order valence-corrected chi connectivity index (χ2v) is 6.92. The van der Waals surface area contributed by atoms with Gasteiger partial charge in [0.05, 0.1) is 24.3 Å². The molecule has 10 heteroatoms. The zero-order valence-electron chi connectivity index (χ0n) is 15.6. The average Bonchev–Trinajstić information content (AvgIpc) is 3.08. The number of nitrogen functional groups attached to an aromatic ring is 1. The van der Waals surface area contributed by atoms with Crippen molar-refractivity contribution in [2.45, 2.75) is 6.42 Å². The molecule has 0 unspecified atom stereocenters. The number of nitrogens with zero attached hydrogens (tertiary/aromatic N) is 4. The first-order valence-corrected chi connectivity index (χ1v) is 9.53. The van der Waals surface area contributed by atoms with E-state index in [0.29, 0.717) is 44.5 Å². The molecule has 30 heavy (non-hydrogen) atoms. The third-order valence-corrected chi connectivity index (χ3v) is 4.80. The fourth-order valence-corrected chi connectivity index (χ4v) is 3.44. The van der Waals surface area contributed by atoms with Crippen LogP contribution in [0.25, 0.3) is 11.1 Å². The molecule has 0 atom stereocenters. The van der Waals surface area contributed by atoms with Crippen molar-refractivity contribution in [2.24, 2.45) is 10.2 Å². The summed E-state index contributed by atoms with van der Waals surface area (Å²) >= 11 is 1.16. The summed E-state index contributed by atoms with van der Waals surface area (Å²) in [5.41, 5.74) is 8.65. The molecule has 3 N–H and O–H groups in total. The molecular weight excluding hydrogens is 404 g/mol. The zero-order chi connectivity index (χ0) is 21.3. The predicted molar refractivity (Wildman–Crippen MR) is 113 cm³/mol.